The second-order valence-corrected chi connectivity index (χ2v) is 4.62. The van der Waals surface area contributed by atoms with Crippen molar-refractivity contribution in [3.63, 3.8) is 0 Å². The molecule has 0 unspecified atom stereocenters. The van der Waals surface area contributed by atoms with E-state index in [1.165, 1.54) is 12.8 Å². The van der Waals surface area contributed by atoms with Gasteiger partial charge < -0.3 is 5.32 Å². The summed E-state index contributed by atoms with van der Waals surface area (Å²) < 4.78 is 3.57. The number of nitrogens with one attached hydrogen (secondary N) is 1. The van der Waals surface area contributed by atoms with E-state index in [4.69, 9.17) is 0 Å². The molecule has 0 saturated heterocycles. The Balaban J connectivity index is 1.76. The van der Waals surface area contributed by atoms with Gasteiger partial charge in [-0.15, -0.1) is 0 Å². The predicted molar refractivity (Wildman–Crippen MR) is 64.6 cm³/mol. The number of nitrogens with zero attached hydrogens (tertiary/aromatic N) is 2. The molecule has 90 valence electrons. The van der Waals surface area contributed by atoms with Crippen LogP contribution in [0.4, 0.5) is 0 Å². The fourth-order valence-corrected chi connectivity index (χ4v) is 1.86. The highest BCUT2D eigenvalue weighted by molar-refractivity contribution is 4.82. The summed E-state index contributed by atoms with van der Waals surface area (Å²) in [5, 5.41) is 3.40. The molecule has 1 aliphatic rings. The normalized spacial score (nSPS) is 15.6. The predicted octanol–water partition coefficient (Wildman–Crippen LogP) is 1.06. The molecule has 16 heavy (non-hydrogen) atoms. The van der Waals surface area contributed by atoms with Crippen LogP contribution in [0.2, 0.25) is 0 Å². The zero-order valence-corrected chi connectivity index (χ0v) is 9.98. The molecule has 0 atom stereocenters. The van der Waals surface area contributed by atoms with Gasteiger partial charge in [-0.25, -0.2) is 4.79 Å². The first kappa shape index (κ1) is 11.5. The van der Waals surface area contributed by atoms with Crippen LogP contribution >= 0.6 is 0 Å². The lowest BCUT2D eigenvalue weighted by Gasteiger charge is -2.03. The third-order valence-electron chi connectivity index (χ3n) is 3.04. The highest BCUT2D eigenvalue weighted by Crippen LogP contribution is 2.27. The number of imidazole rings is 1. The maximum absolute atomic E-state index is 11.8. The van der Waals surface area contributed by atoms with E-state index < -0.39 is 0 Å². The second kappa shape index (κ2) is 5.34. The van der Waals surface area contributed by atoms with Crippen molar-refractivity contribution < 1.29 is 0 Å². The molecule has 1 N–H and O–H groups in total. The Morgan fingerprint density at radius 3 is 2.62 bits per heavy atom. The molecular formula is C12H21N3O. The van der Waals surface area contributed by atoms with Crippen LogP contribution in [0, 0.1) is 5.92 Å². The smallest absolute Gasteiger partial charge is 0.315 e. The van der Waals surface area contributed by atoms with Gasteiger partial charge in [-0.05, 0) is 31.7 Å². The van der Waals surface area contributed by atoms with Crippen molar-refractivity contribution in [1.29, 1.82) is 0 Å². The van der Waals surface area contributed by atoms with Gasteiger partial charge in [0.15, 0.2) is 0 Å². The van der Waals surface area contributed by atoms with Gasteiger partial charge >= 0.3 is 5.69 Å². The zero-order chi connectivity index (χ0) is 11.4. The van der Waals surface area contributed by atoms with Gasteiger partial charge in [0.1, 0.15) is 0 Å². The molecule has 1 aliphatic carbocycles. The van der Waals surface area contributed by atoms with E-state index in [1.807, 2.05) is 12.4 Å². The summed E-state index contributed by atoms with van der Waals surface area (Å²) >= 11 is 0. The molecule has 1 saturated carbocycles. The van der Waals surface area contributed by atoms with Crippen molar-refractivity contribution >= 4 is 0 Å². The van der Waals surface area contributed by atoms with E-state index >= 15 is 0 Å². The summed E-state index contributed by atoms with van der Waals surface area (Å²) in [7, 11) is 0. The number of hydrogen-bond acceptors (Lipinski definition) is 2. The maximum Gasteiger partial charge on any atom is 0.328 e. The zero-order valence-electron chi connectivity index (χ0n) is 9.98. The standard InChI is InChI=1S/C12H21N3O/c1-2-6-14-8-9-15(12(14)16)7-5-13-10-11-3-4-11/h8-9,11,13H,2-7,10H2,1H3. The quantitative estimate of drug-likeness (QED) is 0.702. The number of aryl methyl sites for hydroxylation is 1. The lowest BCUT2D eigenvalue weighted by Crippen LogP contribution is -2.29. The van der Waals surface area contributed by atoms with Crippen LogP contribution in [-0.4, -0.2) is 22.2 Å². The van der Waals surface area contributed by atoms with E-state index in [2.05, 4.69) is 12.2 Å². The Morgan fingerprint density at radius 2 is 2.00 bits per heavy atom. The minimum atomic E-state index is 0.120. The van der Waals surface area contributed by atoms with Crippen LogP contribution in [-0.2, 0) is 13.1 Å². The lowest BCUT2D eigenvalue weighted by molar-refractivity contribution is 0.550. The molecule has 0 amide bonds. The molecule has 1 fully saturated rings. The molecule has 0 aliphatic heterocycles. The Hall–Kier alpha value is -1.03. The summed E-state index contributed by atoms with van der Waals surface area (Å²) in [6.45, 7) is 5.70. The molecule has 4 nitrogen and oxygen atoms in total. The van der Waals surface area contributed by atoms with Gasteiger partial charge in [0.05, 0.1) is 0 Å². The van der Waals surface area contributed by atoms with Crippen LogP contribution in [0.5, 0.6) is 0 Å². The van der Waals surface area contributed by atoms with Crippen molar-refractivity contribution in [2.24, 2.45) is 5.92 Å². The van der Waals surface area contributed by atoms with E-state index in [9.17, 15) is 4.79 Å². The minimum Gasteiger partial charge on any atom is -0.315 e. The fourth-order valence-electron chi connectivity index (χ4n) is 1.86. The molecule has 1 heterocycles. The summed E-state index contributed by atoms with van der Waals surface area (Å²) in [6, 6.07) is 0. The van der Waals surface area contributed by atoms with E-state index in [0.29, 0.717) is 0 Å². The Kier molecular flexibility index (Phi) is 3.83. The highest BCUT2D eigenvalue weighted by Gasteiger charge is 2.19. The molecule has 2 rings (SSSR count). The molecule has 1 aromatic heterocycles. The Morgan fingerprint density at radius 1 is 1.31 bits per heavy atom. The van der Waals surface area contributed by atoms with Crippen molar-refractivity contribution in [2.75, 3.05) is 13.1 Å². The molecule has 1 aromatic rings. The van der Waals surface area contributed by atoms with Crippen LogP contribution in [0.3, 0.4) is 0 Å². The van der Waals surface area contributed by atoms with Crippen LogP contribution in [0.1, 0.15) is 26.2 Å². The summed E-state index contributed by atoms with van der Waals surface area (Å²) in [5.41, 5.74) is 0.120. The van der Waals surface area contributed by atoms with E-state index in [-0.39, 0.29) is 5.69 Å². The monoisotopic (exact) mass is 223 g/mol. The van der Waals surface area contributed by atoms with Crippen molar-refractivity contribution in [2.45, 2.75) is 39.3 Å². The molecule has 4 heteroatoms. The minimum absolute atomic E-state index is 0.120. The highest BCUT2D eigenvalue weighted by atomic mass is 16.1. The van der Waals surface area contributed by atoms with Crippen molar-refractivity contribution in [3.05, 3.63) is 22.9 Å². The average molecular weight is 223 g/mol. The van der Waals surface area contributed by atoms with Gasteiger partial charge in [0.2, 0.25) is 0 Å². The molecule has 0 bridgehead atoms. The van der Waals surface area contributed by atoms with Gasteiger partial charge in [-0.3, -0.25) is 9.13 Å². The summed E-state index contributed by atoms with van der Waals surface area (Å²) in [5.74, 6) is 0.904. The summed E-state index contributed by atoms with van der Waals surface area (Å²) in [6.07, 6.45) is 7.52. The molecular weight excluding hydrogens is 202 g/mol. The van der Waals surface area contributed by atoms with Gasteiger partial charge in [-0.1, -0.05) is 6.92 Å². The van der Waals surface area contributed by atoms with Gasteiger partial charge in [0, 0.05) is 32.0 Å². The van der Waals surface area contributed by atoms with Gasteiger partial charge in [-0.2, -0.15) is 0 Å². The fraction of sp³-hybridized carbons (Fsp3) is 0.750. The second-order valence-electron chi connectivity index (χ2n) is 4.62. The van der Waals surface area contributed by atoms with Crippen LogP contribution in [0.15, 0.2) is 17.2 Å². The number of aromatic nitrogens is 2. The third kappa shape index (κ3) is 2.98. The van der Waals surface area contributed by atoms with Crippen LogP contribution < -0.4 is 11.0 Å². The first-order chi connectivity index (χ1) is 7.81. The third-order valence-corrected chi connectivity index (χ3v) is 3.04. The number of rotatable bonds is 7. The average Bonchev–Trinajstić information content (AvgIpc) is 3.04. The Bertz CT molecular complexity index is 376. The lowest BCUT2D eigenvalue weighted by atomic mass is 10.4. The van der Waals surface area contributed by atoms with Crippen molar-refractivity contribution in [1.82, 2.24) is 14.5 Å². The molecule has 0 radical (unpaired) electrons. The van der Waals surface area contributed by atoms with Gasteiger partial charge in [0.25, 0.3) is 0 Å². The first-order valence-electron chi connectivity index (χ1n) is 6.27. The number of hydrogen-bond donors (Lipinski definition) is 1. The topological polar surface area (TPSA) is 39.0 Å². The van der Waals surface area contributed by atoms with Crippen LogP contribution in [0.25, 0.3) is 0 Å². The Labute approximate surface area is 96.3 Å². The maximum atomic E-state index is 11.8. The van der Waals surface area contributed by atoms with Crippen molar-refractivity contribution in [3.8, 4) is 0 Å². The largest absolute Gasteiger partial charge is 0.328 e. The van der Waals surface area contributed by atoms with E-state index in [1.54, 1.807) is 9.13 Å². The first-order valence-corrected chi connectivity index (χ1v) is 6.27. The molecule has 0 aromatic carbocycles. The summed E-state index contributed by atoms with van der Waals surface area (Å²) in [4.78, 5) is 11.8. The SMILES string of the molecule is CCCn1ccn(CCNCC2CC2)c1=O. The molecule has 0 spiro atoms. The van der Waals surface area contributed by atoms with E-state index in [0.717, 1.165) is 38.5 Å².